The third-order valence-electron chi connectivity index (χ3n) is 1.99. The number of carbonyl (C=O) groups is 1. The molecule has 0 atom stereocenters. The summed E-state index contributed by atoms with van der Waals surface area (Å²) in [5, 5.41) is 0. The average Bonchev–Trinajstić information content (AvgIpc) is 2.19. The molecular weight excluding hydrogens is 329 g/mol. The number of carbonyl (C=O) groups excluding carboxylic acids is 1. The van der Waals surface area contributed by atoms with Crippen LogP contribution in [0.4, 0.5) is 8.78 Å². The molecule has 0 aromatic heterocycles. The summed E-state index contributed by atoms with van der Waals surface area (Å²) in [7, 11) is 0. The molecule has 0 aliphatic rings. The van der Waals surface area contributed by atoms with E-state index in [1.165, 1.54) is 13.0 Å². The van der Waals surface area contributed by atoms with E-state index in [1.54, 1.807) is 13.0 Å². The van der Waals surface area contributed by atoms with Crippen molar-refractivity contribution in [3.05, 3.63) is 26.8 Å². The molecule has 16 heavy (non-hydrogen) atoms. The summed E-state index contributed by atoms with van der Waals surface area (Å²) in [6, 6.07) is 2.89. The maximum Gasteiger partial charge on any atom is 0.267 e. The van der Waals surface area contributed by atoms with Crippen molar-refractivity contribution in [2.24, 2.45) is 0 Å². The van der Waals surface area contributed by atoms with Crippen LogP contribution in [-0.2, 0) is 0 Å². The normalized spacial score (nSPS) is 10.6. The molecule has 1 aromatic rings. The van der Waals surface area contributed by atoms with Crippen LogP contribution in [0.5, 0.6) is 5.75 Å². The van der Waals surface area contributed by atoms with Gasteiger partial charge in [-0.05, 0) is 48.6 Å². The third-order valence-corrected chi connectivity index (χ3v) is 2.61. The van der Waals surface area contributed by atoms with Crippen molar-refractivity contribution in [2.75, 3.05) is 6.61 Å². The van der Waals surface area contributed by atoms with Crippen LogP contribution >= 0.6 is 22.6 Å². The van der Waals surface area contributed by atoms with Crippen LogP contribution in [0.2, 0.25) is 0 Å². The first-order valence-corrected chi connectivity index (χ1v) is 5.80. The zero-order valence-corrected chi connectivity index (χ0v) is 11.0. The van der Waals surface area contributed by atoms with Crippen LogP contribution in [0, 0.1) is 3.57 Å². The lowest BCUT2D eigenvalue weighted by atomic mass is 10.1. The number of ketones is 1. The van der Waals surface area contributed by atoms with E-state index < -0.39 is 6.43 Å². The Morgan fingerprint density at radius 2 is 2.12 bits per heavy atom. The maximum absolute atomic E-state index is 12.8. The molecule has 5 heteroatoms. The van der Waals surface area contributed by atoms with E-state index in [-0.39, 0.29) is 29.3 Å². The Morgan fingerprint density at radius 3 is 2.56 bits per heavy atom. The minimum absolute atomic E-state index is 0.00501. The Kier molecular flexibility index (Phi) is 4.64. The van der Waals surface area contributed by atoms with Gasteiger partial charge < -0.3 is 4.74 Å². The molecule has 2 nitrogen and oxygen atoms in total. The molecule has 0 bridgehead atoms. The number of rotatable bonds is 4. The third kappa shape index (κ3) is 2.90. The fourth-order valence-electron chi connectivity index (χ4n) is 1.34. The summed E-state index contributed by atoms with van der Waals surface area (Å²) in [6.07, 6.45) is -2.64. The second kappa shape index (κ2) is 5.56. The van der Waals surface area contributed by atoms with Crippen LogP contribution in [0.3, 0.4) is 0 Å². The molecule has 1 aromatic carbocycles. The van der Waals surface area contributed by atoms with Gasteiger partial charge in [-0.25, -0.2) is 8.78 Å². The van der Waals surface area contributed by atoms with Crippen molar-refractivity contribution in [3.63, 3.8) is 0 Å². The summed E-state index contributed by atoms with van der Waals surface area (Å²) >= 11 is 1.90. The minimum atomic E-state index is -2.64. The molecule has 0 unspecified atom stereocenters. The van der Waals surface area contributed by atoms with Gasteiger partial charge in [0.2, 0.25) is 0 Å². The Balaban J connectivity index is 3.41. The van der Waals surface area contributed by atoms with Gasteiger partial charge in [0.15, 0.2) is 5.78 Å². The molecule has 88 valence electrons. The number of hydrogen-bond acceptors (Lipinski definition) is 2. The zero-order chi connectivity index (χ0) is 12.3. The van der Waals surface area contributed by atoms with Crippen LogP contribution < -0.4 is 4.74 Å². The van der Waals surface area contributed by atoms with Crippen LogP contribution in [0.15, 0.2) is 12.1 Å². The van der Waals surface area contributed by atoms with Gasteiger partial charge in [-0.15, -0.1) is 0 Å². The van der Waals surface area contributed by atoms with Crippen LogP contribution in [0.1, 0.15) is 36.2 Å². The molecule has 0 aliphatic carbocycles. The Hall–Kier alpha value is -0.720. The van der Waals surface area contributed by atoms with Gasteiger partial charge in [-0.1, -0.05) is 0 Å². The van der Waals surface area contributed by atoms with Gasteiger partial charge >= 0.3 is 0 Å². The van der Waals surface area contributed by atoms with Crippen molar-refractivity contribution in [1.29, 1.82) is 0 Å². The predicted molar refractivity (Wildman–Crippen MR) is 65.3 cm³/mol. The topological polar surface area (TPSA) is 26.3 Å². The van der Waals surface area contributed by atoms with Crippen molar-refractivity contribution < 1.29 is 18.3 Å². The SMILES string of the molecule is CCOc1c(C(C)=O)cc(I)cc1C(F)F. The number of alkyl halides is 2. The summed E-state index contributed by atoms with van der Waals surface area (Å²) in [4.78, 5) is 11.3. The molecule has 0 N–H and O–H groups in total. The van der Waals surface area contributed by atoms with E-state index in [4.69, 9.17) is 4.74 Å². The van der Waals surface area contributed by atoms with E-state index in [1.807, 2.05) is 22.6 Å². The number of Topliss-reactive ketones (excluding diaryl/α,β-unsaturated/α-hetero) is 1. The molecule has 1 rings (SSSR count). The molecule has 0 aliphatic heterocycles. The number of benzene rings is 1. The molecule has 0 spiro atoms. The highest BCUT2D eigenvalue weighted by molar-refractivity contribution is 14.1. The maximum atomic E-state index is 12.8. The lowest BCUT2D eigenvalue weighted by Crippen LogP contribution is -2.05. The second-order valence-electron chi connectivity index (χ2n) is 3.16. The Labute approximate surface area is 106 Å². The fourth-order valence-corrected chi connectivity index (χ4v) is 1.99. The van der Waals surface area contributed by atoms with Crippen molar-refractivity contribution >= 4 is 28.4 Å². The monoisotopic (exact) mass is 340 g/mol. The number of hydrogen-bond donors (Lipinski definition) is 0. The van der Waals surface area contributed by atoms with Gasteiger partial charge in [0.1, 0.15) is 5.75 Å². The number of halogens is 3. The minimum Gasteiger partial charge on any atom is -0.493 e. The van der Waals surface area contributed by atoms with Crippen LogP contribution in [-0.4, -0.2) is 12.4 Å². The lowest BCUT2D eigenvalue weighted by molar-refractivity contribution is 0.101. The smallest absolute Gasteiger partial charge is 0.267 e. The first kappa shape index (κ1) is 13.3. The summed E-state index contributed by atoms with van der Waals surface area (Å²) in [6.45, 7) is 3.28. The Bertz CT molecular complexity index is 405. The first-order valence-electron chi connectivity index (χ1n) is 4.72. The lowest BCUT2D eigenvalue weighted by Gasteiger charge is -2.13. The van der Waals surface area contributed by atoms with Gasteiger partial charge in [0.25, 0.3) is 6.43 Å². The quantitative estimate of drug-likeness (QED) is 0.615. The second-order valence-corrected chi connectivity index (χ2v) is 4.41. The largest absolute Gasteiger partial charge is 0.493 e. The molecule has 0 saturated carbocycles. The first-order chi connectivity index (χ1) is 7.47. The summed E-state index contributed by atoms with van der Waals surface area (Å²) < 4.78 is 31.3. The van der Waals surface area contributed by atoms with Gasteiger partial charge in [0, 0.05) is 3.57 Å². The molecule has 0 saturated heterocycles. The number of ether oxygens (including phenoxy) is 1. The van der Waals surface area contributed by atoms with E-state index in [2.05, 4.69) is 0 Å². The van der Waals surface area contributed by atoms with Crippen LogP contribution in [0.25, 0.3) is 0 Å². The summed E-state index contributed by atoms with van der Waals surface area (Å²) in [5.41, 5.74) is -0.0111. The molecule has 0 heterocycles. The highest BCUT2D eigenvalue weighted by atomic mass is 127. The highest BCUT2D eigenvalue weighted by Crippen LogP contribution is 2.34. The van der Waals surface area contributed by atoms with Crippen molar-refractivity contribution in [3.8, 4) is 5.75 Å². The van der Waals surface area contributed by atoms with Gasteiger partial charge in [-0.2, -0.15) is 0 Å². The zero-order valence-electron chi connectivity index (χ0n) is 8.89. The van der Waals surface area contributed by atoms with E-state index in [0.717, 1.165) is 0 Å². The standard InChI is InChI=1S/C11H11F2IO2/c1-3-16-10-8(6(2)15)4-7(14)5-9(10)11(12)13/h4-5,11H,3H2,1-2H3. The van der Waals surface area contributed by atoms with Crippen molar-refractivity contribution in [1.82, 2.24) is 0 Å². The average molecular weight is 340 g/mol. The molecule has 0 radical (unpaired) electrons. The van der Waals surface area contributed by atoms with Crippen molar-refractivity contribution in [2.45, 2.75) is 20.3 Å². The van der Waals surface area contributed by atoms with E-state index >= 15 is 0 Å². The highest BCUT2D eigenvalue weighted by Gasteiger charge is 2.20. The van der Waals surface area contributed by atoms with Gasteiger partial charge in [-0.3, -0.25) is 4.79 Å². The Morgan fingerprint density at radius 1 is 1.50 bits per heavy atom. The predicted octanol–water partition coefficient (Wildman–Crippen LogP) is 3.83. The molecular formula is C11H11F2IO2. The fraction of sp³-hybridized carbons (Fsp3) is 0.364. The molecule has 0 fully saturated rings. The molecule has 0 amide bonds. The van der Waals surface area contributed by atoms with E-state index in [0.29, 0.717) is 3.57 Å². The summed E-state index contributed by atoms with van der Waals surface area (Å²) in [5.74, 6) is -0.269. The van der Waals surface area contributed by atoms with E-state index in [9.17, 15) is 13.6 Å². The van der Waals surface area contributed by atoms with Gasteiger partial charge in [0.05, 0.1) is 17.7 Å².